The summed E-state index contributed by atoms with van der Waals surface area (Å²) in [5.41, 5.74) is 2.40. The molecular weight excluding hydrogens is 487 g/mol. The number of anilines is 2. The van der Waals surface area contributed by atoms with E-state index in [9.17, 15) is 9.18 Å². The van der Waals surface area contributed by atoms with Crippen LogP contribution in [0.1, 0.15) is 25.5 Å². The van der Waals surface area contributed by atoms with Gasteiger partial charge in [0.2, 0.25) is 5.88 Å². The molecule has 0 atom stereocenters. The Morgan fingerprint density at radius 3 is 2.58 bits per heavy atom. The number of hydrogen-bond acceptors (Lipinski definition) is 6. The van der Waals surface area contributed by atoms with Crippen LogP contribution in [-0.2, 0) is 0 Å². The van der Waals surface area contributed by atoms with Crippen molar-refractivity contribution in [3.63, 3.8) is 0 Å². The minimum absolute atomic E-state index is 0.00548. The quantitative estimate of drug-likeness (QED) is 0.257. The van der Waals surface area contributed by atoms with E-state index < -0.39 is 11.8 Å². The number of halogens is 1. The van der Waals surface area contributed by atoms with E-state index in [1.165, 1.54) is 25.4 Å². The third kappa shape index (κ3) is 5.39. The summed E-state index contributed by atoms with van der Waals surface area (Å²) >= 11 is 0. The number of rotatable bonds is 7. The van der Waals surface area contributed by atoms with Crippen LogP contribution < -0.4 is 20.1 Å². The van der Waals surface area contributed by atoms with Gasteiger partial charge in [-0.2, -0.15) is 5.10 Å². The van der Waals surface area contributed by atoms with E-state index in [1.54, 1.807) is 35.1 Å². The number of nitrogens with zero attached hydrogens (tertiary/aromatic N) is 4. The molecule has 2 N–H and O–H groups in total. The lowest BCUT2D eigenvalue weighted by Crippen LogP contribution is -2.22. The zero-order valence-corrected chi connectivity index (χ0v) is 21.0. The number of carbonyl (C=O) groups is 1. The first kappa shape index (κ1) is 24.7. The second-order valence-corrected chi connectivity index (χ2v) is 8.76. The number of carbonyl (C=O) groups excluding carboxylic acids is 1. The van der Waals surface area contributed by atoms with E-state index in [2.05, 4.69) is 25.7 Å². The van der Waals surface area contributed by atoms with E-state index in [1.807, 2.05) is 44.2 Å². The smallest absolute Gasteiger partial charge is 0.324 e. The van der Waals surface area contributed by atoms with Crippen LogP contribution in [0.2, 0.25) is 0 Å². The topological polar surface area (TPSA) is 103 Å². The highest BCUT2D eigenvalue weighted by Crippen LogP contribution is 2.28. The van der Waals surface area contributed by atoms with Crippen molar-refractivity contribution in [1.29, 1.82) is 0 Å². The molecule has 0 aliphatic heterocycles. The van der Waals surface area contributed by atoms with Gasteiger partial charge in [0.1, 0.15) is 23.1 Å². The Hall–Kier alpha value is -4.99. The molecule has 0 radical (unpaired) electrons. The first-order chi connectivity index (χ1) is 18.4. The maximum Gasteiger partial charge on any atom is 0.324 e. The molecule has 5 aromatic rings. The Kier molecular flexibility index (Phi) is 6.86. The Balaban J connectivity index is 1.34. The first-order valence-corrected chi connectivity index (χ1v) is 11.9. The van der Waals surface area contributed by atoms with Gasteiger partial charge in [-0.1, -0.05) is 19.9 Å². The molecule has 0 aliphatic rings. The van der Waals surface area contributed by atoms with E-state index in [4.69, 9.17) is 9.47 Å². The molecule has 0 fully saturated rings. The van der Waals surface area contributed by atoms with E-state index in [0.29, 0.717) is 17.4 Å². The van der Waals surface area contributed by atoms with Crippen molar-refractivity contribution in [2.45, 2.75) is 19.8 Å². The number of ether oxygens (including phenoxy) is 2. The summed E-state index contributed by atoms with van der Waals surface area (Å²) in [5, 5.41) is 11.0. The minimum atomic E-state index is -0.655. The largest absolute Gasteiger partial charge is 0.481 e. The van der Waals surface area contributed by atoms with Crippen molar-refractivity contribution in [2.75, 3.05) is 17.7 Å². The molecule has 2 amide bonds. The predicted octanol–water partition coefficient (Wildman–Crippen LogP) is 6.52. The second kappa shape index (κ2) is 10.6. The van der Waals surface area contributed by atoms with E-state index in [-0.39, 0.29) is 17.4 Å². The fourth-order valence-electron chi connectivity index (χ4n) is 3.80. The molecule has 0 aliphatic carbocycles. The van der Waals surface area contributed by atoms with E-state index >= 15 is 0 Å². The van der Waals surface area contributed by atoms with Crippen molar-refractivity contribution < 1.29 is 18.7 Å². The predicted molar refractivity (Wildman–Crippen MR) is 143 cm³/mol. The molecule has 3 aromatic heterocycles. The van der Waals surface area contributed by atoms with Gasteiger partial charge in [0.15, 0.2) is 0 Å². The number of urea groups is 1. The second-order valence-electron chi connectivity index (χ2n) is 8.76. The number of benzene rings is 2. The van der Waals surface area contributed by atoms with Gasteiger partial charge in [-0.15, -0.1) is 0 Å². The van der Waals surface area contributed by atoms with Gasteiger partial charge < -0.3 is 14.8 Å². The lowest BCUT2D eigenvalue weighted by atomic mass is 10.1. The van der Waals surface area contributed by atoms with Gasteiger partial charge >= 0.3 is 6.03 Å². The van der Waals surface area contributed by atoms with Gasteiger partial charge in [0.25, 0.3) is 0 Å². The number of aromatic nitrogens is 4. The molecule has 0 saturated carbocycles. The summed E-state index contributed by atoms with van der Waals surface area (Å²) in [6.07, 6.45) is 3.26. The molecule has 10 heteroatoms. The number of nitrogens with one attached hydrogen (secondary N) is 2. The average Bonchev–Trinajstić information content (AvgIpc) is 3.34. The van der Waals surface area contributed by atoms with Crippen LogP contribution in [0.3, 0.4) is 0 Å². The van der Waals surface area contributed by atoms with Crippen LogP contribution in [0.4, 0.5) is 20.7 Å². The molecule has 38 heavy (non-hydrogen) atoms. The molecule has 192 valence electrons. The molecule has 2 aromatic carbocycles. The summed E-state index contributed by atoms with van der Waals surface area (Å²) in [6.45, 7) is 4.03. The molecule has 0 unspecified atom stereocenters. The highest BCUT2D eigenvalue weighted by atomic mass is 19.1. The standard InChI is InChI=1S/C28H25FN6O3/c1-17(2)25-16-26(35(34-25)19-6-8-23-18(13-19)5-4-11-30-23)33-28(36)32-24-9-7-20(14-22(24)29)38-21-10-12-31-27(15-21)37-3/h4-17H,1-3H3,(H2,32,33,36). The molecule has 0 saturated heterocycles. The SMILES string of the molecule is COc1cc(Oc2ccc(NC(=O)Nc3cc(C(C)C)nn3-c3ccc4ncccc4c3)c(F)c2)ccn1. The molecule has 5 rings (SSSR count). The summed E-state index contributed by atoms with van der Waals surface area (Å²) < 4.78 is 27.2. The lowest BCUT2D eigenvalue weighted by Gasteiger charge is -2.12. The third-order valence-corrected chi connectivity index (χ3v) is 5.73. The van der Waals surface area contributed by atoms with Crippen molar-refractivity contribution >= 4 is 28.4 Å². The maximum absolute atomic E-state index is 14.8. The van der Waals surface area contributed by atoms with Crippen LogP contribution in [0.5, 0.6) is 17.4 Å². The Morgan fingerprint density at radius 2 is 1.79 bits per heavy atom. The third-order valence-electron chi connectivity index (χ3n) is 5.73. The summed E-state index contributed by atoms with van der Waals surface area (Å²) in [7, 11) is 1.49. The van der Waals surface area contributed by atoms with Crippen molar-refractivity contribution in [1.82, 2.24) is 19.7 Å². The van der Waals surface area contributed by atoms with Gasteiger partial charge in [-0.25, -0.2) is 18.9 Å². The normalized spacial score (nSPS) is 11.0. The number of fused-ring (bicyclic) bond motifs is 1. The highest BCUT2D eigenvalue weighted by Gasteiger charge is 2.16. The van der Waals surface area contributed by atoms with Crippen LogP contribution in [0.15, 0.2) is 79.1 Å². The number of amides is 2. The average molecular weight is 513 g/mol. The number of pyridine rings is 2. The summed E-state index contributed by atoms with van der Waals surface area (Å²) in [6, 6.07) is 18.1. The molecule has 0 bridgehead atoms. The lowest BCUT2D eigenvalue weighted by molar-refractivity contribution is 0.262. The van der Waals surface area contributed by atoms with Gasteiger partial charge in [-0.3, -0.25) is 10.3 Å². The fraction of sp³-hybridized carbons (Fsp3) is 0.143. The maximum atomic E-state index is 14.8. The Labute approximate surface area is 218 Å². The zero-order valence-electron chi connectivity index (χ0n) is 21.0. The van der Waals surface area contributed by atoms with Crippen molar-refractivity contribution in [3.05, 3.63) is 90.6 Å². The van der Waals surface area contributed by atoms with Gasteiger partial charge in [-0.05, 0) is 48.4 Å². The molecule has 9 nitrogen and oxygen atoms in total. The highest BCUT2D eigenvalue weighted by molar-refractivity contribution is 5.99. The van der Waals surface area contributed by atoms with Crippen molar-refractivity contribution in [3.8, 4) is 23.1 Å². The first-order valence-electron chi connectivity index (χ1n) is 11.9. The van der Waals surface area contributed by atoms with Crippen LogP contribution in [0.25, 0.3) is 16.6 Å². The monoisotopic (exact) mass is 512 g/mol. The zero-order chi connectivity index (χ0) is 26.6. The van der Waals surface area contributed by atoms with Gasteiger partial charge in [0, 0.05) is 36.0 Å². The van der Waals surface area contributed by atoms with Gasteiger partial charge in [0.05, 0.1) is 29.7 Å². The van der Waals surface area contributed by atoms with Crippen LogP contribution in [-0.4, -0.2) is 32.9 Å². The van der Waals surface area contributed by atoms with Crippen molar-refractivity contribution in [2.24, 2.45) is 0 Å². The Morgan fingerprint density at radius 1 is 0.947 bits per heavy atom. The summed E-state index contributed by atoms with van der Waals surface area (Å²) in [4.78, 5) is 21.2. The molecule has 0 spiro atoms. The number of methoxy groups -OCH3 is 1. The van der Waals surface area contributed by atoms with Crippen LogP contribution in [0, 0.1) is 5.82 Å². The van der Waals surface area contributed by atoms with E-state index in [0.717, 1.165) is 22.3 Å². The van der Waals surface area contributed by atoms with Crippen LogP contribution >= 0.6 is 0 Å². The number of hydrogen-bond donors (Lipinski definition) is 2. The molecule has 3 heterocycles. The fourth-order valence-corrected chi connectivity index (χ4v) is 3.80. The summed E-state index contributed by atoms with van der Waals surface area (Å²) in [5.74, 6) is 0.990. The Bertz CT molecular complexity index is 1620. The molecular formula is C28H25FN6O3. The minimum Gasteiger partial charge on any atom is -0.481 e.